The minimum absolute atomic E-state index is 0.0501. The van der Waals surface area contributed by atoms with Crippen LogP contribution in [0.4, 0.5) is 13.2 Å². The van der Waals surface area contributed by atoms with Crippen molar-refractivity contribution in [1.82, 2.24) is 24.6 Å². The van der Waals surface area contributed by atoms with Gasteiger partial charge in [0, 0.05) is 44.3 Å². The van der Waals surface area contributed by atoms with E-state index < -0.39 is 11.7 Å². The maximum absolute atomic E-state index is 13.1. The molecule has 0 spiro atoms. The number of carbonyl (C=O) groups excluding carboxylic acids is 1. The highest BCUT2D eigenvalue weighted by Gasteiger charge is 2.30. The Hall–Kier alpha value is -3.72. The minimum Gasteiger partial charge on any atom is -0.339 e. The van der Waals surface area contributed by atoms with Crippen LogP contribution in [0.5, 0.6) is 0 Å². The molecule has 0 bridgehead atoms. The first kappa shape index (κ1) is 25.0. The number of pyridine rings is 1. The highest BCUT2D eigenvalue weighted by molar-refractivity contribution is 5.95. The molecule has 1 fully saturated rings. The van der Waals surface area contributed by atoms with Crippen molar-refractivity contribution in [2.75, 3.05) is 26.2 Å². The van der Waals surface area contributed by atoms with Crippen LogP contribution in [0.25, 0.3) is 22.2 Å². The number of piperazine rings is 1. The number of hydrogen-bond donors (Lipinski definition) is 0. The number of nitrogens with zero attached hydrogens (tertiary/aromatic N) is 5. The van der Waals surface area contributed by atoms with Crippen LogP contribution in [0.3, 0.4) is 0 Å². The first-order chi connectivity index (χ1) is 17.7. The zero-order chi connectivity index (χ0) is 26.2. The monoisotopic (exact) mass is 507 g/mol. The van der Waals surface area contributed by atoms with Crippen LogP contribution in [0.15, 0.2) is 60.8 Å². The molecule has 3 heterocycles. The molecule has 0 atom stereocenters. The fourth-order valence-corrected chi connectivity index (χ4v) is 4.93. The van der Waals surface area contributed by atoms with Crippen molar-refractivity contribution in [3.8, 4) is 11.1 Å². The molecule has 0 radical (unpaired) electrons. The molecule has 0 N–H and O–H groups in total. The summed E-state index contributed by atoms with van der Waals surface area (Å²) in [4.78, 5) is 21.5. The lowest BCUT2D eigenvalue weighted by atomic mass is 10.0. The second-order valence-corrected chi connectivity index (χ2v) is 9.52. The van der Waals surface area contributed by atoms with Gasteiger partial charge in [-0.2, -0.15) is 18.3 Å². The molecular weight excluding hydrogens is 479 g/mol. The van der Waals surface area contributed by atoms with E-state index in [4.69, 9.17) is 0 Å². The molecule has 1 aliphatic heterocycles. The summed E-state index contributed by atoms with van der Waals surface area (Å²) in [5.41, 5.74) is 4.75. The number of carbonyl (C=O) groups is 1. The lowest BCUT2D eigenvalue weighted by Gasteiger charge is -2.34. The zero-order valence-corrected chi connectivity index (χ0v) is 20.8. The number of amides is 1. The Balaban J connectivity index is 1.25. The Morgan fingerprint density at radius 2 is 1.73 bits per heavy atom. The van der Waals surface area contributed by atoms with Gasteiger partial charge in [-0.15, -0.1) is 0 Å². The predicted octanol–water partition coefficient (Wildman–Crippen LogP) is 5.08. The molecule has 2 aromatic carbocycles. The number of alkyl halides is 3. The predicted molar refractivity (Wildman–Crippen MR) is 136 cm³/mol. The van der Waals surface area contributed by atoms with Crippen LogP contribution in [0.2, 0.25) is 0 Å². The summed E-state index contributed by atoms with van der Waals surface area (Å²) in [7, 11) is 0. The van der Waals surface area contributed by atoms with Crippen LogP contribution in [-0.2, 0) is 24.1 Å². The third-order valence-corrected chi connectivity index (χ3v) is 6.81. The third-order valence-electron chi connectivity index (χ3n) is 6.81. The quantitative estimate of drug-likeness (QED) is 0.378. The van der Waals surface area contributed by atoms with Gasteiger partial charge in [0.1, 0.15) is 6.54 Å². The molecule has 0 unspecified atom stereocenters. The van der Waals surface area contributed by atoms with Gasteiger partial charge in [-0.1, -0.05) is 48.0 Å². The average Bonchev–Trinajstić information content (AvgIpc) is 3.19. The number of aromatic nitrogens is 3. The van der Waals surface area contributed by atoms with Gasteiger partial charge in [0.25, 0.3) is 0 Å². The van der Waals surface area contributed by atoms with E-state index in [-0.39, 0.29) is 12.5 Å². The van der Waals surface area contributed by atoms with Gasteiger partial charge < -0.3 is 4.90 Å². The smallest absolute Gasteiger partial charge is 0.339 e. The standard InChI is InChI=1S/C28H28F3N5O/c1-19-5-3-7-22(15-19)24-9-10-32-27-26(24)20(2)33-36(27)18-25(37)35-13-11-34(12-14-35)17-21-6-4-8-23(16-21)28(29,30)31/h3-10,15-16H,11-14,17-18H2,1-2H3. The van der Waals surface area contributed by atoms with Gasteiger partial charge in [-0.25, -0.2) is 9.67 Å². The number of aryl methyl sites for hydroxylation is 2. The average molecular weight is 508 g/mol. The van der Waals surface area contributed by atoms with Crippen LogP contribution in [0.1, 0.15) is 22.4 Å². The maximum Gasteiger partial charge on any atom is 0.416 e. The van der Waals surface area contributed by atoms with Crippen molar-refractivity contribution >= 4 is 16.9 Å². The molecule has 192 valence electrons. The number of benzene rings is 2. The van der Waals surface area contributed by atoms with Crippen LogP contribution in [-0.4, -0.2) is 56.7 Å². The fourth-order valence-electron chi connectivity index (χ4n) is 4.93. The Morgan fingerprint density at radius 1 is 0.973 bits per heavy atom. The van der Waals surface area contributed by atoms with Crippen molar-refractivity contribution in [3.05, 3.63) is 83.2 Å². The lowest BCUT2D eigenvalue weighted by Crippen LogP contribution is -2.49. The zero-order valence-electron chi connectivity index (χ0n) is 20.8. The van der Waals surface area contributed by atoms with Gasteiger partial charge in [0.2, 0.25) is 5.91 Å². The van der Waals surface area contributed by atoms with E-state index in [0.717, 1.165) is 33.8 Å². The molecule has 4 aromatic rings. The fraction of sp³-hybridized carbons (Fsp3) is 0.321. The minimum atomic E-state index is -4.36. The Bertz CT molecular complexity index is 1440. The van der Waals surface area contributed by atoms with Crippen LogP contribution in [0, 0.1) is 13.8 Å². The van der Waals surface area contributed by atoms with Gasteiger partial charge >= 0.3 is 6.18 Å². The molecule has 2 aromatic heterocycles. The van der Waals surface area contributed by atoms with Gasteiger partial charge in [-0.3, -0.25) is 9.69 Å². The molecule has 9 heteroatoms. The van der Waals surface area contributed by atoms with Crippen molar-refractivity contribution in [1.29, 1.82) is 0 Å². The molecule has 1 saturated heterocycles. The lowest BCUT2D eigenvalue weighted by molar-refractivity contribution is -0.137. The van der Waals surface area contributed by atoms with Crippen molar-refractivity contribution in [2.45, 2.75) is 33.1 Å². The number of fused-ring (bicyclic) bond motifs is 1. The summed E-state index contributed by atoms with van der Waals surface area (Å²) in [6.07, 6.45) is -2.61. The maximum atomic E-state index is 13.1. The highest BCUT2D eigenvalue weighted by atomic mass is 19.4. The second-order valence-electron chi connectivity index (χ2n) is 9.52. The van der Waals surface area contributed by atoms with E-state index in [0.29, 0.717) is 43.9 Å². The number of rotatable bonds is 5. The SMILES string of the molecule is Cc1cccc(-c2ccnc3c2c(C)nn3CC(=O)N2CCN(Cc3cccc(C(F)(F)F)c3)CC2)c1. The van der Waals surface area contributed by atoms with Crippen molar-refractivity contribution in [2.24, 2.45) is 0 Å². The molecule has 1 amide bonds. The Labute approximate surface area is 213 Å². The molecule has 6 nitrogen and oxygen atoms in total. The van der Waals surface area contributed by atoms with E-state index >= 15 is 0 Å². The highest BCUT2D eigenvalue weighted by Crippen LogP contribution is 2.31. The first-order valence-electron chi connectivity index (χ1n) is 12.2. The van der Waals surface area contributed by atoms with E-state index in [1.54, 1.807) is 21.8 Å². The van der Waals surface area contributed by atoms with Crippen molar-refractivity contribution in [3.63, 3.8) is 0 Å². The molecule has 0 aliphatic carbocycles. The summed E-state index contributed by atoms with van der Waals surface area (Å²) in [5, 5.41) is 5.57. The largest absolute Gasteiger partial charge is 0.416 e. The third kappa shape index (κ3) is 5.36. The first-order valence-corrected chi connectivity index (χ1v) is 12.2. The summed E-state index contributed by atoms with van der Waals surface area (Å²) in [6.45, 7) is 6.69. The topological polar surface area (TPSA) is 54.3 Å². The van der Waals surface area contributed by atoms with Crippen LogP contribution < -0.4 is 0 Å². The van der Waals surface area contributed by atoms with Gasteiger partial charge in [0.15, 0.2) is 5.65 Å². The molecule has 5 rings (SSSR count). The van der Waals surface area contributed by atoms with E-state index in [2.05, 4.69) is 40.1 Å². The molecule has 0 saturated carbocycles. The van der Waals surface area contributed by atoms with E-state index in [1.165, 1.54) is 12.1 Å². The summed E-state index contributed by atoms with van der Waals surface area (Å²) in [6, 6.07) is 15.6. The normalized spacial score (nSPS) is 14.9. The summed E-state index contributed by atoms with van der Waals surface area (Å²) < 4.78 is 40.7. The number of halogens is 3. The molecule has 37 heavy (non-hydrogen) atoms. The summed E-state index contributed by atoms with van der Waals surface area (Å²) in [5.74, 6) is -0.0501. The van der Waals surface area contributed by atoms with Gasteiger partial charge in [-0.05, 0) is 42.7 Å². The number of hydrogen-bond acceptors (Lipinski definition) is 4. The summed E-state index contributed by atoms with van der Waals surface area (Å²) >= 11 is 0. The van der Waals surface area contributed by atoms with E-state index in [9.17, 15) is 18.0 Å². The molecule has 1 aliphatic rings. The van der Waals surface area contributed by atoms with Crippen molar-refractivity contribution < 1.29 is 18.0 Å². The second kappa shape index (κ2) is 9.97. The Morgan fingerprint density at radius 3 is 2.46 bits per heavy atom. The van der Waals surface area contributed by atoms with Crippen LogP contribution >= 0.6 is 0 Å². The van der Waals surface area contributed by atoms with E-state index in [1.807, 2.05) is 19.1 Å². The Kier molecular flexibility index (Phi) is 6.72. The van der Waals surface area contributed by atoms with Gasteiger partial charge in [0.05, 0.1) is 11.3 Å². The molecular formula is C28H28F3N5O.